The highest BCUT2D eigenvalue weighted by Gasteiger charge is 2.19. The van der Waals surface area contributed by atoms with Gasteiger partial charge in [0, 0.05) is 75.5 Å². The summed E-state index contributed by atoms with van der Waals surface area (Å²) in [4.78, 5) is 7.24. The number of halogens is 1. The van der Waals surface area contributed by atoms with Crippen LogP contribution in [0.3, 0.4) is 0 Å². The molecule has 0 bridgehead atoms. The molecule has 0 unspecified atom stereocenters. The van der Waals surface area contributed by atoms with E-state index in [-0.39, 0.29) is 0 Å². The van der Waals surface area contributed by atoms with Gasteiger partial charge in [0.15, 0.2) is 0 Å². The van der Waals surface area contributed by atoms with E-state index in [9.17, 15) is 10.0 Å². The minimum Gasteiger partial charge on any atom is -0.423 e. The molecule has 0 amide bonds. The van der Waals surface area contributed by atoms with E-state index in [2.05, 4.69) is 241 Å². The number of benzene rings is 12. The number of hydrogen-bond donors (Lipinski definition) is 4. The molecule has 6 nitrogen and oxygen atoms in total. The van der Waals surface area contributed by atoms with Crippen molar-refractivity contribution in [1.82, 2.24) is 19.1 Å². The fraction of sp³-hybridized carbons (Fsp3) is 0. The summed E-state index contributed by atoms with van der Waals surface area (Å²) in [6.45, 7) is 0. The van der Waals surface area contributed by atoms with Gasteiger partial charge in [0.2, 0.25) is 0 Å². The Hall–Kier alpha value is -9.18. The van der Waals surface area contributed by atoms with Crippen LogP contribution < -0.4 is 5.46 Å². The number of para-hydroxylation sites is 6. The van der Waals surface area contributed by atoms with Gasteiger partial charge in [-0.05, 0) is 127 Å². The second kappa shape index (κ2) is 18.6. The number of fused-ring (bicyclic) bond motifs is 14. The highest BCUT2D eigenvalue weighted by Crippen LogP contribution is 2.42. The van der Waals surface area contributed by atoms with E-state index in [0.717, 1.165) is 32.0 Å². The zero-order valence-electron chi connectivity index (χ0n) is 41.0. The Morgan fingerprint density at radius 3 is 1.33 bits per heavy atom. The van der Waals surface area contributed by atoms with E-state index < -0.39 is 7.12 Å². The van der Waals surface area contributed by atoms with Crippen LogP contribution in [-0.2, 0) is 0 Å². The lowest BCUT2D eigenvalue weighted by Gasteiger charge is -2.11. The molecule has 0 saturated carbocycles. The van der Waals surface area contributed by atoms with Crippen molar-refractivity contribution in [3.8, 4) is 22.5 Å². The lowest BCUT2D eigenvalue weighted by molar-refractivity contribution is 0.426. The Labute approximate surface area is 445 Å². The molecule has 4 aromatic heterocycles. The molecule has 0 fully saturated rings. The minimum atomic E-state index is -1.46. The molecular formula is C68H46BBrN4O2. The quantitative estimate of drug-likeness (QED) is 0.133. The van der Waals surface area contributed by atoms with Crippen LogP contribution in [0.1, 0.15) is 0 Å². The Morgan fingerprint density at radius 1 is 0.329 bits per heavy atom. The van der Waals surface area contributed by atoms with E-state index in [1.165, 1.54) is 104 Å². The van der Waals surface area contributed by atoms with E-state index in [1.807, 2.05) is 42.5 Å². The molecule has 0 saturated heterocycles. The van der Waals surface area contributed by atoms with Crippen molar-refractivity contribution in [3.05, 3.63) is 259 Å². The zero-order chi connectivity index (χ0) is 50.9. The molecule has 0 aliphatic heterocycles. The standard InChI is InChI=1S/C34H22N2.C18H14BNO2.C16H10BrN/c1-2-11-24(12-3-1)36-31-17-9-7-15-27(31)28-21-23(18-19-32(28)36)33-25-13-5-4-10-22(25)20-29-26-14-6-8-16-30(26)35-34(29)33;21-19(22)13-10-11-18-16(12-13)15-8-4-5-9-17(15)20(18)14-6-2-1-3-7-14;17-15-11-6-2-1-5-10(11)9-13-12-7-3-4-8-14(12)18-16(13)15/h1-21,35H;1-12,21-22H;1-9,18H. The molecule has 360 valence electrons. The summed E-state index contributed by atoms with van der Waals surface area (Å²) in [6, 6.07) is 89.0. The summed E-state index contributed by atoms with van der Waals surface area (Å²) in [7, 11) is -1.46. The largest absolute Gasteiger partial charge is 0.488 e. The molecule has 8 heteroatoms. The SMILES string of the molecule is Brc1c2ccccc2cc2c1[nH]c1ccccc12.OB(O)c1ccc2c(c1)c1ccccc1n2-c1ccccc1.c1ccc(-n2c3ccccc3c3cc(-c4c5ccccc5cc5c4[nH]c4ccccc45)ccc32)cc1. The average molecular weight is 1040 g/mol. The first-order chi connectivity index (χ1) is 37.5. The highest BCUT2D eigenvalue weighted by atomic mass is 79.9. The first-order valence-corrected chi connectivity index (χ1v) is 26.3. The van der Waals surface area contributed by atoms with Crippen LogP contribution in [0.5, 0.6) is 0 Å². The van der Waals surface area contributed by atoms with Crippen molar-refractivity contribution in [2.24, 2.45) is 0 Å². The highest BCUT2D eigenvalue weighted by molar-refractivity contribution is 9.10. The third-order valence-corrected chi connectivity index (χ3v) is 15.8. The van der Waals surface area contributed by atoms with E-state index in [1.54, 1.807) is 6.07 Å². The Bertz CT molecular complexity index is 4880. The third-order valence-electron chi connectivity index (χ3n) is 15.0. The van der Waals surface area contributed by atoms with Crippen molar-refractivity contribution in [1.29, 1.82) is 0 Å². The molecule has 16 aromatic rings. The second-order valence-electron chi connectivity index (χ2n) is 19.3. The van der Waals surface area contributed by atoms with Gasteiger partial charge in [-0.3, -0.25) is 0 Å². The molecular weight excluding hydrogens is 995 g/mol. The van der Waals surface area contributed by atoms with E-state index in [4.69, 9.17) is 0 Å². The minimum absolute atomic E-state index is 0.503. The molecule has 76 heavy (non-hydrogen) atoms. The molecule has 0 radical (unpaired) electrons. The summed E-state index contributed by atoms with van der Waals surface area (Å²) < 4.78 is 5.71. The number of aromatic amines is 2. The number of aromatic nitrogens is 4. The van der Waals surface area contributed by atoms with Crippen LogP contribution in [0.25, 0.3) is 131 Å². The van der Waals surface area contributed by atoms with Crippen LogP contribution in [0.15, 0.2) is 259 Å². The number of nitrogens with zero attached hydrogens (tertiary/aromatic N) is 2. The molecule has 0 aliphatic rings. The normalized spacial score (nSPS) is 11.6. The first-order valence-electron chi connectivity index (χ1n) is 25.5. The average Bonchev–Trinajstić information content (AvgIpc) is 4.23. The molecule has 4 heterocycles. The van der Waals surface area contributed by atoms with E-state index >= 15 is 0 Å². The Kier molecular flexibility index (Phi) is 11.1. The predicted molar refractivity (Wildman–Crippen MR) is 325 cm³/mol. The molecule has 0 aliphatic carbocycles. The molecule has 4 N–H and O–H groups in total. The molecule has 12 aromatic carbocycles. The van der Waals surface area contributed by atoms with Gasteiger partial charge in [-0.2, -0.15) is 0 Å². The van der Waals surface area contributed by atoms with Gasteiger partial charge in [0.1, 0.15) is 0 Å². The number of hydrogen-bond acceptors (Lipinski definition) is 2. The van der Waals surface area contributed by atoms with Crippen LogP contribution >= 0.6 is 15.9 Å². The fourth-order valence-electron chi connectivity index (χ4n) is 11.5. The van der Waals surface area contributed by atoms with Gasteiger partial charge in [0.25, 0.3) is 0 Å². The van der Waals surface area contributed by atoms with Gasteiger partial charge in [-0.25, -0.2) is 0 Å². The second-order valence-corrected chi connectivity index (χ2v) is 20.1. The van der Waals surface area contributed by atoms with Crippen molar-refractivity contribution in [2.75, 3.05) is 0 Å². The van der Waals surface area contributed by atoms with Gasteiger partial charge in [0.05, 0.1) is 33.1 Å². The smallest absolute Gasteiger partial charge is 0.423 e. The number of nitrogens with one attached hydrogen (secondary N) is 2. The number of H-pyrrole nitrogens is 2. The maximum absolute atomic E-state index is 9.43. The van der Waals surface area contributed by atoms with Gasteiger partial charge >= 0.3 is 7.12 Å². The summed E-state index contributed by atoms with van der Waals surface area (Å²) in [6.07, 6.45) is 0. The zero-order valence-corrected chi connectivity index (χ0v) is 42.6. The van der Waals surface area contributed by atoms with Crippen LogP contribution in [0.2, 0.25) is 0 Å². The third kappa shape index (κ3) is 7.57. The van der Waals surface area contributed by atoms with Gasteiger partial charge in [-0.15, -0.1) is 0 Å². The summed E-state index contributed by atoms with van der Waals surface area (Å²) in [5, 5.41) is 33.6. The lowest BCUT2D eigenvalue weighted by atomic mass is 9.80. The van der Waals surface area contributed by atoms with Gasteiger partial charge < -0.3 is 29.2 Å². The van der Waals surface area contributed by atoms with Gasteiger partial charge in [-0.1, -0.05) is 176 Å². The van der Waals surface area contributed by atoms with E-state index in [0.29, 0.717) is 5.46 Å². The van der Waals surface area contributed by atoms with Crippen LogP contribution in [0, 0.1) is 0 Å². The van der Waals surface area contributed by atoms with Crippen molar-refractivity contribution >= 4 is 137 Å². The van der Waals surface area contributed by atoms with Crippen molar-refractivity contribution in [3.63, 3.8) is 0 Å². The van der Waals surface area contributed by atoms with Crippen molar-refractivity contribution in [2.45, 2.75) is 0 Å². The monoisotopic (exact) mass is 1040 g/mol. The first kappa shape index (κ1) is 45.4. The Balaban J connectivity index is 0.000000113. The lowest BCUT2D eigenvalue weighted by Crippen LogP contribution is -2.29. The maximum atomic E-state index is 9.43. The predicted octanol–water partition coefficient (Wildman–Crippen LogP) is 16.9. The summed E-state index contributed by atoms with van der Waals surface area (Å²) >= 11 is 3.73. The molecule has 16 rings (SSSR count). The molecule has 0 spiro atoms. The molecule has 0 atom stereocenters. The topological polar surface area (TPSA) is 81.9 Å². The summed E-state index contributed by atoms with van der Waals surface area (Å²) in [5.41, 5.74) is 14.6. The summed E-state index contributed by atoms with van der Waals surface area (Å²) in [5.74, 6) is 0. The number of rotatable bonds is 4. The van der Waals surface area contributed by atoms with Crippen LogP contribution in [0.4, 0.5) is 0 Å². The van der Waals surface area contributed by atoms with Crippen LogP contribution in [-0.4, -0.2) is 36.3 Å². The fourth-order valence-corrected chi connectivity index (χ4v) is 12.2. The maximum Gasteiger partial charge on any atom is 0.488 e. The Morgan fingerprint density at radius 2 is 0.750 bits per heavy atom. The van der Waals surface area contributed by atoms with Crippen molar-refractivity contribution < 1.29 is 10.0 Å².